The third-order valence-corrected chi connectivity index (χ3v) is 3.16. The quantitative estimate of drug-likeness (QED) is 0.777. The van der Waals surface area contributed by atoms with Gasteiger partial charge in [0.05, 0.1) is 12.1 Å². The molecule has 4 nitrogen and oxygen atoms in total. The summed E-state index contributed by atoms with van der Waals surface area (Å²) >= 11 is 0. The molecule has 19 heavy (non-hydrogen) atoms. The highest BCUT2D eigenvalue weighted by Gasteiger charge is 2.17. The van der Waals surface area contributed by atoms with Gasteiger partial charge in [0, 0.05) is 13.6 Å². The number of amides is 1. The molecule has 1 amide bonds. The van der Waals surface area contributed by atoms with Gasteiger partial charge in [0.1, 0.15) is 0 Å². The zero-order valence-electron chi connectivity index (χ0n) is 11.7. The maximum absolute atomic E-state index is 12.0. The van der Waals surface area contributed by atoms with Crippen LogP contribution in [0.15, 0.2) is 30.3 Å². The molecule has 1 rings (SSSR count). The van der Waals surface area contributed by atoms with Gasteiger partial charge in [-0.15, -0.1) is 0 Å². The number of benzene rings is 1. The normalized spacial score (nSPS) is 13.9. The highest BCUT2D eigenvalue weighted by Crippen LogP contribution is 2.06. The smallest absolute Gasteiger partial charge is 0.239 e. The van der Waals surface area contributed by atoms with E-state index in [2.05, 4.69) is 0 Å². The van der Waals surface area contributed by atoms with Crippen molar-refractivity contribution in [3.8, 4) is 0 Å². The molecule has 4 heteroatoms. The average Bonchev–Trinajstić information content (AvgIpc) is 2.42. The second-order valence-corrected chi connectivity index (χ2v) is 5.03. The molecule has 0 saturated carbocycles. The summed E-state index contributed by atoms with van der Waals surface area (Å²) in [5.74, 6) is -0.0587. The second-order valence-electron chi connectivity index (χ2n) is 5.03. The van der Waals surface area contributed by atoms with E-state index in [0.29, 0.717) is 19.4 Å². The lowest BCUT2D eigenvalue weighted by Gasteiger charge is -2.22. The number of rotatable bonds is 7. The Morgan fingerprint density at radius 3 is 2.53 bits per heavy atom. The summed E-state index contributed by atoms with van der Waals surface area (Å²) in [6.07, 6.45) is 1.63. The van der Waals surface area contributed by atoms with E-state index in [9.17, 15) is 9.90 Å². The number of carbonyl (C=O) groups is 1. The Labute approximate surface area is 115 Å². The molecule has 2 unspecified atom stereocenters. The lowest BCUT2D eigenvalue weighted by Crippen LogP contribution is -2.42. The summed E-state index contributed by atoms with van der Waals surface area (Å²) in [5.41, 5.74) is 7.11. The molecule has 0 bridgehead atoms. The van der Waals surface area contributed by atoms with Gasteiger partial charge in [-0.2, -0.15) is 0 Å². The van der Waals surface area contributed by atoms with Gasteiger partial charge in [0.25, 0.3) is 0 Å². The van der Waals surface area contributed by atoms with Crippen LogP contribution in [0.5, 0.6) is 0 Å². The standard InChI is InChI=1S/C15H24N2O2/c1-12(18)10-11-17(2)15(19)14(16)9-8-13-6-4-3-5-7-13/h3-7,12,14,18H,8-11,16H2,1-2H3. The number of aliphatic hydroxyl groups is 1. The fourth-order valence-electron chi connectivity index (χ4n) is 1.86. The van der Waals surface area contributed by atoms with E-state index in [1.807, 2.05) is 30.3 Å². The summed E-state index contributed by atoms with van der Waals surface area (Å²) in [7, 11) is 1.73. The highest BCUT2D eigenvalue weighted by atomic mass is 16.3. The summed E-state index contributed by atoms with van der Waals surface area (Å²) in [6.45, 7) is 2.25. The van der Waals surface area contributed by atoms with Crippen LogP contribution in [0.1, 0.15) is 25.3 Å². The minimum atomic E-state index is -0.473. The predicted molar refractivity (Wildman–Crippen MR) is 76.7 cm³/mol. The van der Waals surface area contributed by atoms with E-state index >= 15 is 0 Å². The molecular weight excluding hydrogens is 240 g/mol. The number of aliphatic hydroxyl groups excluding tert-OH is 1. The Bertz CT molecular complexity index is 379. The van der Waals surface area contributed by atoms with Gasteiger partial charge in [0.15, 0.2) is 0 Å². The van der Waals surface area contributed by atoms with Crippen LogP contribution in [-0.4, -0.2) is 41.7 Å². The number of nitrogens with two attached hydrogens (primary N) is 1. The molecule has 0 saturated heterocycles. The first kappa shape index (κ1) is 15.7. The van der Waals surface area contributed by atoms with Gasteiger partial charge < -0.3 is 15.7 Å². The number of carbonyl (C=O) groups excluding carboxylic acids is 1. The Hall–Kier alpha value is -1.39. The Balaban J connectivity index is 2.36. The van der Waals surface area contributed by atoms with Crippen molar-refractivity contribution < 1.29 is 9.90 Å². The van der Waals surface area contributed by atoms with Gasteiger partial charge in [-0.05, 0) is 31.7 Å². The van der Waals surface area contributed by atoms with Gasteiger partial charge in [-0.25, -0.2) is 0 Å². The third-order valence-electron chi connectivity index (χ3n) is 3.16. The molecule has 0 aromatic heterocycles. The maximum Gasteiger partial charge on any atom is 0.239 e. The third kappa shape index (κ3) is 5.85. The molecule has 0 heterocycles. The molecule has 1 aromatic rings. The van der Waals surface area contributed by atoms with Crippen LogP contribution >= 0.6 is 0 Å². The van der Waals surface area contributed by atoms with Gasteiger partial charge in [-0.3, -0.25) is 4.79 Å². The predicted octanol–water partition coefficient (Wildman–Crippen LogP) is 1.18. The number of aryl methyl sites for hydroxylation is 1. The summed E-state index contributed by atoms with van der Waals surface area (Å²) in [4.78, 5) is 13.6. The molecule has 1 aromatic carbocycles. The molecule has 0 aliphatic carbocycles. The molecule has 0 aliphatic rings. The lowest BCUT2D eigenvalue weighted by atomic mass is 10.0. The first-order valence-electron chi connectivity index (χ1n) is 6.73. The number of likely N-dealkylation sites (N-methyl/N-ethyl adjacent to an activating group) is 1. The summed E-state index contributed by atoms with van der Waals surface area (Å²) in [6, 6.07) is 9.54. The van der Waals surface area contributed by atoms with Crippen LogP contribution in [0.2, 0.25) is 0 Å². The van der Waals surface area contributed by atoms with Crippen molar-refractivity contribution in [2.45, 2.75) is 38.3 Å². The monoisotopic (exact) mass is 264 g/mol. The number of hydrogen-bond donors (Lipinski definition) is 2. The van der Waals surface area contributed by atoms with E-state index in [-0.39, 0.29) is 5.91 Å². The second kappa shape index (κ2) is 7.92. The van der Waals surface area contributed by atoms with Crippen LogP contribution in [0, 0.1) is 0 Å². The van der Waals surface area contributed by atoms with Crippen LogP contribution in [-0.2, 0) is 11.2 Å². The fourth-order valence-corrected chi connectivity index (χ4v) is 1.86. The van der Waals surface area contributed by atoms with Crippen LogP contribution in [0.4, 0.5) is 0 Å². The van der Waals surface area contributed by atoms with E-state index < -0.39 is 12.1 Å². The van der Waals surface area contributed by atoms with E-state index in [0.717, 1.165) is 6.42 Å². The SMILES string of the molecule is CC(O)CCN(C)C(=O)C(N)CCc1ccccc1. The number of nitrogens with zero attached hydrogens (tertiary/aromatic N) is 1. The fraction of sp³-hybridized carbons (Fsp3) is 0.533. The van der Waals surface area contributed by atoms with Crippen molar-refractivity contribution in [3.05, 3.63) is 35.9 Å². The first-order valence-corrected chi connectivity index (χ1v) is 6.73. The lowest BCUT2D eigenvalue weighted by molar-refractivity contribution is -0.131. The topological polar surface area (TPSA) is 66.6 Å². The highest BCUT2D eigenvalue weighted by molar-refractivity contribution is 5.81. The zero-order chi connectivity index (χ0) is 14.3. The van der Waals surface area contributed by atoms with E-state index in [1.54, 1.807) is 18.9 Å². The molecule has 106 valence electrons. The van der Waals surface area contributed by atoms with E-state index in [1.165, 1.54) is 5.56 Å². The molecule has 2 atom stereocenters. The van der Waals surface area contributed by atoms with Crippen molar-refractivity contribution in [1.82, 2.24) is 4.90 Å². The minimum Gasteiger partial charge on any atom is -0.393 e. The van der Waals surface area contributed by atoms with Crippen molar-refractivity contribution in [2.75, 3.05) is 13.6 Å². The molecular formula is C15H24N2O2. The van der Waals surface area contributed by atoms with Crippen LogP contribution in [0.25, 0.3) is 0 Å². The number of hydrogen-bond acceptors (Lipinski definition) is 3. The largest absolute Gasteiger partial charge is 0.393 e. The van der Waals surface area contributed by atoms with Crippen molar-refractivity contribution in [2.24, 2.45) is 5.73 Å². The van der Waals surface area contributed by atoms with Gasteiger partial charge in [0.2, 0.25) is 5.91 Å². The summed E-state index contributed by atoms with van der Waals surface area (Å²) < 4.78 is 0. The Kier molecular flexibility index (Phi) is 6.53. The van der Waals surface area contributed by atoms with Gasteiger partial charge in [-0.1, -0.05) is 30.3 Å². The van der Waals surface area contributed by atoms with Gasteiger partial charge >= 0.3 is 0 Å². The molecule has 0 spiro atoms. The van der Waals surface area contributed by atoms with Crippen molar-refractivity contribution >= 4 is 5.91 Å². The molecule has 0 fully saturated rings. The van der Waals surface area contributed by atoms with Crippen LogP contribution in [0.3, 0.4) is 0 Å². The van der Waals surface area contributed by atoms with Crippen molar-refractivity contribution in [3.63, 3.8) is 0 Å². The minimum absolute atomic E-state index is 0.0587. The molecule has 3 N–H and O–H groups in total. The Morgan fingerprint density at radius 1 is 1.32 bits per heavy atom. The molecule has 0 radical (unpaired) electrons. The van der Waals surface area contributed by atoms with Crippen LogP contribution < -0.4 is 5.73 Å². The van der Waals surface area contributed by atoms with Crippen molar-refractivity contribution in [1.29, 1.82) is 0 Å². The Morgan fingerprint density at radius 2 is 1.95 bits per heavy atom. The first-order chi connectivity index (χ1) is 9.00. The maximum atomic E-state index is 12.0. The average molecular weight is 264 g/mol. The summed E-state index contributed by atoms with van der Waals surface area (Å²) in [5, 5.41) is 9.20. The molecule has 0 aliphatic heterocycles. The zero-order valence-corrected chi connectivity index (χ0v) is 11.7. The van der Waals surface area contributed by atoms with E-state index in [4.69, 9.17) is 5.73 Å².